The number of para-hydroxylation sites is 1. The van der Waals surface area contributed by atoms with E-state index >= 15 is 0 Å². The summed E-state index contributed by atoms with van der Waals surface area (Å²) in [5.41, 5.74) is 0.949. The first kappa shape index (κ1) is 14.9. The maximum Gasteiger partial charge on any atom is 0.239 e. The number of hydrogen-bond donors (Lipinski definition) is 3. The normalized spacial score (nSPS) is 10.1. The summed E-state index contributed by atoms with van der Waals surface area (Å²) in [6.45, 7) is 1.21. The summed E-state index contributed by atoms with van der Waals surface area (Å²) in [4.78, 5) is 11.5. The zero-order chi connectivity index (χ0) is 13.1. The number of thioether (sulfide) groups is 1. The average molecular weight is 268 g/mol. The molecular weight excluding hydrogens is 248 g/mol. The van der Waals surface area contributed by atoms with Crippen LogP contribution in [0.4, 0.5) is 5.69 Å². The first-order valence-electron chi connectivity index (χ1n) is 6.07. The summed E-state index contributed by atoms with van der Waals surface area (Å²) >= 11 is 1.74. The fourth-order valence-corrected chi connectivity index (χ4v) is 2.12. The Morgan fingerprint density at radius 3 is 2.72 bits per heavy atom. The highest BCUT2D eigenvalue weighted by Gasteiger charge is 1.99. The number of anilines is 1. The number of benzene rings is 1. The van der Waals surface area contributed by atoms with Crippen molar-refractivity contribution in [3.8, 4) is 0 Å². The number of aliphatic hydroxyl groups is 1. The lowest BCUT2D eigenvalue weighted by Gasteiger charge is -2.07. The number of carbonyl (C=O) groups is 1. The Kier molecular flexibility index (Phi) is 8.08. The number of carbonyl (C=O) groups excluding carboxylic acids is 1. The molecule has 0 radical (unpaired) electrons. The molecule has 0 heterocycles. The third-order valence-corrected chi connectivity index (χ3v) is 3.31. The maximum atomic E-state index is 11.5. The predicted octanol–water partition coefficient (Wildman–Crippen LogP) is 1.33. The second-order valence-electron chi connectivity index (χ2n) is 3.76. The van der Waals surface area contributed by atoms with Crippen molar-refractivity contribution in [2.45, 2.75) is 6.42 Å². The predicted molar refractivity (Wildman–Crippen MR) is 77.0 cm³/mol. The summed E-state index contributed by atoms with van der Waals surface area (Å²) in [5.74, 6) is 1.83. The van der Waals surface area contributed by atoms with E-state index in [1.165, 1.54) is 0 Å². The van der Waals surface area contributed by atoms with Crippen molar-refractivity contribution in [1.82, 2.24) is 5.32 Å². The highest BCUT2D eigenvalue weighted by atomic mass is 32.2. The third-order valence-electron chi connectivity index (χ3n) is 2.24. The fraction of sp³-hybridized carbons (Fsp3) is 0.462. The van der Waals surface area contributed by atoms with E-state index < -0.39 is 0 Å². The third kappa shape index (κ3) is 7.19. The van der Waals surface area contributed by atoms with Gasteiger partial charge in [0, 0.05) is 24.6 Å². The van der Waals surface area contributed by atoms with Crippen molar-refractivity contribution in [2.24, 2.45) is 0 Å². The van der Waals surface area contributed by atoms with Crippen LogP contribution in [0, 0.1) is 0 Å². The van der Waals surface area contributed by atoms with E-state index in [0.29, 0.717) is 13.1 Å². The second-order valence-corrected chi connectivity index (χ2v) is 4.98. The van der Waals surface area contributed by atoms with Gasteiger partial charge in [0.05, 0.1) is 6.54 Å². The standard InChI is InChI=1S/C13H20N2O2S/c16-8-4-9-18-10-7-14-13(17)11-15-12-5-2-1-3-6-12/h1-3,5-6,15-16H,4,7-11H2,(H,14,17). The van der Waals surface area contributed by atoms with Crippen LogP contribution >= 0.6 is 11.8 Å². The number of aliphatic hydroxyl groups excluding tert-OH is 1. The Bertz CT molecular complexity index is 333. The van der Waals surface area contributed by atoms with Gasteiger partial charge in [-0.15, -0.1) is 0 Å². The number of nitrogens with one attached hydrogen (secondary N) is 2. The van der Waals surface area contributed by atoms with Crippen LogP contribution in [0.5, 0.6) is 0 Å². The number of hydrogen-bond acceptors (Lipinski definition) is 4. The van der Waals surface area contributed by atoms with E-state index in [-0.39, 0.29) is 12.5 Å². The lowest BCUT2D eigenvalue weighted by atomic mass is 10.3. The molecule has 0 spiro atoms. The molecule has 100 valence electrons. The number of amides is 1. The quantitative estimate of drug-likeness (QED) is 0.591. The van der Waals surface area contributed by atoms with E-state index in [0.717, 1.165) is 23.6 Å². The molecule has 1 rings (SSSR count). The second kappa shape index (κ2) is 9.79. The van der Waals surface area contributed by atoms with Crippen LogP contribution in [0.1, 0.15) is 6.42 Å². The SMILES string of the molecule is O=C(CNc1ccccc1)NCCSCCCO. The van der Waals surface area contributed by atoms with Crippen LogP contribution in [-0.4, -0.2) is 42.2 Å². The topological polar surface area (TPSA) is 61.4 Å². The molecule has 0 saturated heterocycles. The Balaban J connectivity index is 2.01. The molecule has 3 N–H and O–H groups in total. The summed E-state index contributed by atoms with van der Waals surface area (Å²) in [6.07, 6.45) is 0.814. The van der Waals surface area contributed by atoms with Crippen LogP contribution in [0.15, 0.2) is 30.3 Å². The molecule has 0 unspecified atom stereocenters. The zero-order valence-electron chi connectivity index (χ0n) is 10.4. The molecule has 0 atom stereocenters. The maximum absolute atomic E-state index is 11.5. The van der Waals surface area contributed by atoms with Gasteiger partial charge in [-0.25, -0.2) is 0 Å². The van der Waals surface area contributed by atoms with E-state index in [4.69, 9.17) is 5.11 Å². The summed E-state index contributed by atoms with van der Waals surface area (Å²) in [6, 6.07) is 9.65. The van der Waals surface area contributed by atoms with Gasteiger partial charge in [-0.1, -0.05) is 18.2 Å². The van der Waals surface area contributed by atoms with Crippen LogP contribution in [0.3, 0.4) is 0 Å². The van der Waals surface area contributed by atoms with Crippen LogP contribution in [-0.2, 0) is 4.79 Å². The molecule has 1 aromatic rings. The van der Waals surface area contributed by atoms with Gasteiger partial charge in [-0.05, 0) is 24.3 Å². The van der Waals surface area contributed by atoms with Gasteiger partial charge in [-0.2, -0.15) is 11.8 Å². The molecule has 4 nitrogen and oxygen atoms in total. The van der Waals surface area contributed by atoms with Crippen molar-refractivity contribution >= 4 is 23.4 Å². The van der Waals surface area contributed by atoms with Crippen molar-refractivity contribution in [2.75, 3.05) is 36.5 Å². The molecule has 0 aromatic heterocycles. The highest BCUT2D eigenvalue weighted by molar-refractivity contribution is 7.99. The summed E-state index contributed by atoms with van der Waals surface area (Å²) in [7, 11) is 0. The van der Waals surface area contributed by atoms with Gasteiger partial charge < -0.3 is 15.7 Å². The van der Waals surface area contributed by atoms with Crippen molar-refractivity contribution in [3.05, 3.63) is 30.3 Å². The first-order chi connectivity index (χ1) is 8.83. The van der Waals surface area contributed by atoms with Crippen LogP contribution < -0.4 is 10.6 Å². The van der Waals surface area contributed by atoms with Crippen molar-refractivity contribution in [1.29, 1.82) is 0 Å². The Morgan fingerprint density at radius 2 is 2.00 bits per heavy atom. The molecule has 18 heavy (non-hydrogen) atoms. The minimum Gasteiger partial charge on any atom is -0.396 e. The molecule has 1 amide bonds. The molecule has 0 fully saturated rings. The lowest BCUT2D eigenvalue weighted by molar-refractivity contribution is -0.119. The van der Waals surface area contributed by atoms with Gasteiger partial charge in [0.15, 0.2) is 0 Å². The molecule has 0 saturated carbocycles. The Morgan fingerprint density at radius 1 is 1.22 bits per heavy atom. The Labute approximate surface area is 112 Å². The smallest absolute Gasteiger partial charge is 0.239 e. The van der Waals surface area contributed by atoms with Gasteiger partial charge in [0.25, 0.3) is 0 Å². The molecule has 5 heteroatoms. The zero-order valence-corrected chi connectivity index (χ0v) is 11.2. The van der Waals surface area contributed by atoms with Gasteiger partial charge in [0.1, 0.15) is 0 Å². The summed E-state index contributed by atoms with van der Waals surface area (Å²) in [5, 5.41) is 14.5. The highest BCUT2D eigenvalue weighted by Crippen LogP contribution is 2.03. The van der Waals surface area contributed by atoms with Crippen molar-refractivity contribution < 1.29 is 9.90 Å². The Hall–Kier alpha value is -1.20. The molecule has 0 aliphatic carbocycles. The minimum absolute atomic E-state index is 0.00149. The first-order valence-corrected chi connectivity index (χ1v) is 7.22. The fourth-order valence-electron chi connectivity index (χ4n) is 1.33. The molecule has 0 aliphatic rings. The number of rotatable bonds is 9. The molecule has 1 aromatic carbocycles. The largest absolute Gasteiger partial charge is 0.396 e. The van der Waals surface area contributed by atoms with Gasteiger partial charge >= 0.3 is 0 Å². The van der Waals surface area contributed by atoms with Crippen molar-refractivity contribution in [3.63, 3.8) is 0 Å². The lowest BCUT2D eigenvalue weighted by Crippen LogP contribution is -2.31. The van der Waals surface area contributed by atoms with E-state index in [9.17, 15) is 4.79 Å². The molecule has 0 aliphatic heterocycles. The average Bonchev–Trinajstić information content (AvgIpc) is 2.41. The van der Waals surface area contributed by atoms with E-state index in [1.807, 2.05) is 30.3 Å². The monoisotopic (exact) mass is 268 g/mol. The van der Waals surface area contributed by atoms with Crippen LogP contribution in [0.25, 0.3) is 0 Å². The van der Waals surface area contributed by atoms with Gasteiger partial charge in [-0.3, -0.25) is 4.79 Å². The minimum atomic E-state index is 0.00149. The van der Waals surface area contributed by atoms with E-state index in [1.54, 1.807) is 11.8 Å². The van der Waals surface area contributed by atoms with Gasteiger partial charge in [0.2, 0.25) is 5.91 Å². The molecule has 0 bridgehead atoms. The van der Waals surface area contributed by atoms with Crippen LogP contribution in [0.2, 0.25) is 0 Å². The summed E-state index contributed by atoms with van der Waals surface area (Å²) < 4.78 is 0. The molecular formula is C13H20N2O2S. The van der Waals surface area contributed by atoms with E-state index in [2.05, 4.69) is 10.6 Å².